The fraction of sp³-hybridized carbons (Fsp3) is 0.136. The van der Waals surface area contributed by atoms with Crippen molar-refractivity contribution in [2.75, 3.05) is 17.2 Å². The van der Waals surface area contributed by atoms with E-state index in [0.29, 0.717) is 29.2 Å². The van der Waals surface area contributed by atoms with Gasteiger partial charge in [0.1, 0.15) is 0 Å². The molecule has 0 saturated carbocycles. The molecule has 1 heterocycles. The van der Waals surface area contributed by atoms with E-state index in [-0.39, 0.29) is 12.6 Å². The minimum Gasteiger partial charge on any atom is -0.308 e. The summed E-state index contributed by atoms with van der Waals surface area (Å²) < 4.78 is 27.3. The van der Waals surface area contributed by atoms with Crippen molar-refractivity contribution in [1.82, 2.24) is 4.31 Å². The van der Waals surface area contributed by atoms with E-state index in [9.17, 15) is 13.2 Å². The largest absolute Gasteiger partial charge is 0.323 e. The van der Waals surface area contributed by atoms with E-state index in [1.54, 1.807) is 42.5 Å². The van der Waals surface area contributed by atoms with Crippen LogP contribution in [-0.2, 0) is 23.0 Å². The molecule has 0 bridgehead atoms. The fourth-order valence-corrected chi connectivity index (χ4v) is 4.81. The number of fused-ring (bicyclic) bond motifs is 1. The number of nitrogens with one attached hydrogen (secondary N) is 2. The Balaban J connectivity index is 1.49. The van der Waals surface area contributed by atoms with E-state index in [1.165, 1.54) is 4.31 Å². The van der Waals surface area contributed by atoms with Crippen LogP contribution < -0.4 is 10.6 Å². The third kappa shape index (κ3) is 4.31. The van der Waals surface area contributed by atoms with Gasteiger partial charge in [0.15, 0.2) is 0 Å². The molecule has 29 heavy (non-hydrogen) atoms. The van der Waals surface area contributed by atoms with Crippen molar-refractivity contribution in [1.29, 1.82) is 0 Å². The molecular weight excluding hydrogens is 386 g/mol. The molecule has 0 aliphatic carbocycles. The Bertz CT molecular complexity index is 1120. The minimum atomic E-state index is -3.55. The highest BCUT2D eigenvalue weighted by Crippen LogP contribution is 2.27. The Kier molecular flexibility index (Phi) is 5.33. The van der Waals surface area contributed by atoms with Crippen LogP contribution in [0.2, 0.25) is 0 Å². The van der Waals surface area contributed by atoms with E-state index in [4.69, 9.17) is 0 Å². The molecule has 1 aliphatic rings. The van der Waals surface area contributed by atoms with Crippen LogP contribution in [0.15, 0.2) is 83.8 Å². The molecule has 0 unspecified atom stereocenters. The number of rotatable bonds is 4. The third-order valence-corrected chi connectivity index (χ3v) is 6.71. The first-order valence-corrected chi connectivity index (χ1v) is 10.8. The molecule has 7 heteroatoms. The van der Waals surface area contributed by atoms with E-state index in [0.717, 1.165) is 11.1 Å². The lowest BCUT2D eigenvalue weighted by Gasteiger charge is -2.28. The van der Waals surface area contributed by atoms with Gasteiger partial charge in [0.05, 0.1) is 4.90 Å². The van der Waals surface area contributed by atoms with Crippen molar-refractivity contribution >= 4 is 27.4 Å². The van der Waals surface area contributed by atoms with Gasteiger partial charge >= 0.3 is 6.03 Å². The molecule has 0 saturated heterocycles. The highest BCUT2D eigenvalue weighted by atomic mass is 32.2. The highest BCUT2D eigenvalue weighted by Gasteiger charge is 2.28. The average molecular weight is 407 g/mol. The van der Waals surface area contributed by atoms with Crippen molar-refractivity contribution in [3.63, 3.8) is 0 Å². The van der Waals surface area contributed by atoms with E-state index in [2.05, 4.69) is 10.6 Å². The number of carbonyl (C=O) groups is 1. The van der Waals surface area contributed by atoms with Crippen molar-refractivity contribution < 1.29 is 13.2 Å². The molecule has 6 nitrogen and oxygen atoms in total. The normalized spacial score (nSPS) is 14.1. The van der Waals surface area contributed by atoms with Gasteiger partial charge in [0.2, 0.25) is 10.0 Å². The second-order valence-corrected chi connectivity index (χ2v) is 8.77. The Morgan fingerprint density at radius 1 is 0.793 bits per heavy atom. The van der Waals surface area contributed by atoms with Gasteiger partial charge in [-0.2, -0.15) is 4.31 Å². The number of hydrogen-bond donors (Lipinski definition) is 2. The van der Waals surface area contributed by atoms with Gasteiger partial charge in [0, 0.05) is 24.5 Å². The molecule has 0 atom stereocenters. The zero-order chi connectivity index (χ0) is 20.3. The molecule has 148 valence electrons. The van der Waals surface area contributed by atoms with Crippen LogP contribution in [0.5, 0.6) is 0 Å². The van der Waals surface area contributed by atoms with Crippen molar-refractivity contribution in [3.05, 3.63) is 90.0 Å². The average Bonchev–Trinajstić information content (AvgIpc) is 2.74. The molecule has 0 aromatic heterocycles. The van der Waals surface area contributed by atoms with Gasteiger partial charge < -0.3 is 10.6 Å². The highest BCUT2D eigenvalue weighted by molar-refractivity contribution is 7.89. The van der Waals surface area contributed by atoms with Gasteiger partial charge in [-0.1, -0.05) is 42.5 Å². The Morgan fingerprint density at radius 2 is 1.45 bits per heavy atom. The zero-order valence-corrected chi connectivity index (χ0v) is 16.5. The Hall–Kier alpha value is -3.16. The lowest BCUT2D eigenvalue weighted by molar-refractivity contribution is 0.262. The Morgan fingerprint density at radius 3 is 2.17 bits per heavy atom. The summed E-state index contributed by atoms with van der Waals surface area (Å²) in [5.41, 5.74) is 3.31. The summed E-state index contributed by atoms with van der Waals surface area (Å²) >= 11 is 0. The summed E-state index contributed by atoms with van der Waals surface area (Å²) in [6, 6.07) is 22.9. The molecule has 0 fully saturated rings. The lowest BCUT2D eigenvalue weighted by atomic mass is 10.0. The number of hydrogen-bond acceptors (Lipinski definition) is 3. The van der Waals surface area contributed by atoms with Crippen LogP contribution in [0.4, 0.5) is 16.2 Å². The second-order valence-electron chi connectivity index (χ2n) is 6.83. The SMILES string of the molecule is O=C(Nc1ccccc1)Nc1ccc2c(c1)CN(S(=O)(=O)c1ccccc1)CC2. The summed E-state index contributed by atoms with van der Waals surface area (Å²) in [7, 11) is -3.55. The number of anilines is 2. The number of benzene rings is 3. The number of amides is 2. The third-order valence-electron chi connectivity index (χ3n) is 4.85. The van der Waals surface area contributed by atoms with Crippen molar-refractivity contribution in [2.24, 2.45) is 0 Å². The van der Waals surface area contributed by atoms with Crippen LogP contribution >= 0.6 is 0 Å². The summed E-state index contributed by atoms with van der Waals surface area (Å²) in [5.74, 6) is 0. The molecular formula is C22H21N3O3S. The number of carbonyl (C=O) groups excluding carboxylic acids is 1. The smallest absolute Gasteiger partial charge is 0.308 e. The lowest BCUT2D eigenvalue weighted by Crippen LogP contribution is -2.36. The van der Waals surface area contributed by atoms with Gasteiger partial charge in [-0.05, 0) is 53.9 Å². The van der Waals surface area contributed by atoms with E-state index < -0.39 is 10.0 Å². The van der Waals surface area contributed by atoms with E-state index in [1.807, 2.05) is 36.4 Å². The minimum absolute atomic E-state index is 0.280. The summed E-state index contributed by atoms with van der Waals surface area (Å²) in [6.07, 6.45) is 0.637. The summed E-state index contributed by atoms with van der Waals surface area (Å²) in [4.78, 5) is 12.5. The van der Waals surface area contributed by atoms with Crippen LogP contribution in [-0.4, -0.2) is 25.3 Å². The summed E-state index contributed by atoms with van der Waals surface area (Å²) in [6.45, 7) is 0.716. The molecule has 2 amide bonds. The van der Waals surface area contributed by atoms with Gasteiger partial charge in [-0.3, -0.25) is 0 Å². The predicted molar refractivity (Wildman–Crippen MR) is 113 cm³/mol. The van der Waals surface area contributed by atoms with Crippen molar-refractivity contribution in [2.45, 2.75) is 17.9 Å². The maximum atomic E-state index is 12.9. The number of urea groups is 1. The molecule has 1 aliphatic heterocycles. The first-order chi connectivity index (χ1) is 14.0. The van der Waals surface area contributed by atoms with Crippen molar-refractivity contribution in [3.8, 4) is 0 Å². The van der Waals surface area contributed by atoms with Crippen LogP contribution in [0.25, 0.3) is 0 Å². The number of nitrogens with zero attached hydrogens (tertiary/aromatic N) is 1. The maximum absolute atomic E-state index is 12.9. The quantitative estimate of drug-likeness (QED) is 0.684. The molecule has 3 aromatic rings. The zero-order valence-electron chi connectivity index (χ0n) is 15.7. The number of sulfonamides is 1. The standard InChI is InChI=1S/C22H21N3O3S/c26-22(23-19-7-3-1-4-8-19)24-20-12-11-17-13-14-25(16-18(17)15-20)29(27,28)21-9-5-2-6-10-21/h1-12,15H,13-14,16H2,(H2,23,24,26). The fourth-order valence-electron chi connectivity index (χ4n) is 3.37. The molecule has 0 radical (unpaired) electrons. The monoisotopic (exact) mass is 407 g/mol. The second kappa shape index (κ2) is 8.06. The summed E-state index contributed by atoms with van der Waals surface area (Å²) in [5, 5.41) is 5.58. The van der Waals surface area contributed by atoms with E-state index >= 15 is 0 Å². The van der Waals surface area contributed by atoms with Gasteiger partial charge in [0.25, 0.3) is 0 Å². The maximum Gasteiger partial charge on any atom is 0.323 e. The first kappa shape index (κ1) is 19.2. The van der Waals surface area contributed by atoms with Gasteiger partial charge in [-0.15, -0.1) is 0 Å². The topological polar surface area (TPSA) is 78.5 Å². The molecule has 3 aromatic carbocycles. The molecule has 4 rings (SSSR count). The van der Waals surface area contributed by atoms with Crippen LogP contribution in [0.3, 0.4) is 0 Å². The predicted octanol–water partition coefficient (Wildman–Crippen LogP) is 4.08. The van der Waals surface area contributed by atoms with Crippen LogP contribution in [0, 0.1) is 0 Å². The first-order valence-electron chi connectivity index (χ1n) is 9.32. The number of para-hydroxylation sites is 1. The van der Waals surface area contributed by atoms with Gasteiger partial charge in [-0.25, -0.2) is 13.2 Å². The molecule has 0 spiro atoms. The molecule has 2 N–H and O–H groups in total. The Labute approximate surface area is 170 Å². The van der Waals surface area contributed by atoms with Crippen LogP contribution in [0.1, 0.15) is 11.1 Å².